The van der Waals surface area contributed by atoms with E-state index in [2.05, 4.69) is 70.2 Å². The van der Waals surface area contributed by atoms with Gasteiger partial charge in [0.05, 0.1) is 6.10 Å². The molecule has 0 bridgehead atoms. The third kappa shape index (κ3) is 3.83. The second-order valence-electron chi connectivity index (χ2n) is 7.04. The van der Waals surface area contributed by atoms with E-state index >= 15 is 0 Å². The summed E-state index contributed by atoms with van der Waals surface area (Å²) in [6.07, 6.45) is 1.34. The summed E-state index contributed by atoms with van der Waals surface area (Å²) in [5.41, 5.74) is 1.47. The van der Waals surface area contributed by atoms with Gasteiger partial charge in [-0.3, -0.25) is 0 Å². The maximum atomic E-state index is 10.3. The van der Waals surface area contributed by atoms with E-state index in [1.54, 1.807) is 0 Å². The van der Waals surface area contributed by atoms with E-state index in [1.165, 1.54) is 16.3 Å². The molecule has 0 radical (unpaired) electrons. The zero-order valence-electron chi connectivity index (χ0n) is 13.1. The molecule has 0 amide bonds. The van der Waals surface area contributed by atoms with E-state index in [0.717, 1.165) is 12.8 Å². The monoisotopic (exact) mass is 270 g/mol. The molecule has 2 aromatic carbocycles. The van der Waals surface area contributed by atoms with Crippen molar-refractivity contribution in [2.24, 2.45) is 11.3 Å². The quantitative estimate of drug-likeness (QED) is 0.845. The molecule has 0 heterocycles. The first-order valence-electron chi connectivity index (χ1n) is 7.52. The molecule has 0 aliphatic rings. The first kappa shape index (κ1) is 15.1. The van der Waals surface area contributed by atoms with Crippen LogP contribution in [-0.4, -0.2) is 11.2 Å². The van der Waals surface area contributed by atoms with Gasteiger partial charge >= 0.3 is 0 Å². The van der Waals surface area contributed by atoms with Crippen molar-refractivity contribution in [1.82, 2.24) is 0 Å². The van der Waals surface area contributed by atoms with Gasteiger partial charge in [0.15, 0.2) is 0 Å². The molecular weight excluding hydrogens is 244 g/mol. The van der Waals surface area contributed by atoms with Crippen molar-refractivity contribution < 1.29 is 5.11 Å². The molecule has 2 unspecified atom stereocenters. The van der Waals surface area contributed by atoms with Crippen LogP contribution in [0.5, 0.6) is 0 Å². The molecule has 0 fully saturated rings. The number of rotatable bonds is 4. The first-order valence-corrected chi connectivity index (χ1v) is 7.52. The summed E-state index contributed by atoms with van der Waals surface area (Å²) in [5, 5.41) is 12.8. The van der Waals surface area contributed by atoms with Crippen LogP contribution in [0.15, 0.2) is 42.5 Å². The number of fused-ring (bicyclic) bond motifs is 1. The molecule has 2 aromatic rings. The predicted molar refractivity (Wildman–Crippen MR) is 86.9 cm³/mol. The highest BCUT2D eigenvalue weighted by molar-refractivity contribution is 5.82. The Bertz CT molecular complexity index is 565. The van der Waals surface area contributed by atoms with Crippen LogP contribution < -0.4 is 0 Å². The van der Waals surface area contributed by atoms with Crippen molar-refractivity contribution in [3.05, 3.63) is 48.0 Å². The van der Waals surface area contributed by atoms with Gasteiger partial charge in [-0.05, 0) is 40.5 Å². The number of aliphatic hydroxyl groups is 1. The van der Waals surface area contributed by atoms with Crippen LogP contribution in [0.1, 0.15) is 39.7 Å². The SMILES string of the molecule is CC(CC(O)Cc1ccc2ccccc2c1)C(C)(C)C. The van der Waals surface area contributed by atoms with E-state index in [1.807, 2.05) is 0 Å². The van der Waals surface area contributed by atoms with Crippen molar-refractivity contribution >= 4 is 10.8 Å². The van der Waals surface area contributed by atoms with Gasteiger partial charge < -0.3 is 5.11 Å². The summed E-state index contributed by atoms with van der Waals surface area (Å²) in [7, 11) is 0. The maximum Gasteiger partial charge on any atom is 0.0583 e. The third-order valence-corrected chi connectivity index (χ3v) is 4.39. The predicted octanol–water partition coefficient (Wildman–Crippen LogP) is 4.82. The van der Waals surface area contributed by atoms with Crippen molar-refractivity contribution in [1.29, 1.82) is 0 Å². The summed E-state index contributed by atoms with van der Waals surface area (Å²) < 4.78 is 0. The molecule has 2 atom stereocenters. The third-order valence-electron chi connectivity index (χ3n) is 4.39. The zero-order chi connectivity index (χ0) is 14.8. The molecule has 108 valence electrons. The summed E-state index contributed by atoms with van der Waals surface area (Å²) in [6.45, 7) is 8.94. The Morgan fingerprint density at radius 2 is 1.65 bits per heavy atom. The van der Waals surface area contributed by atoms with Crippen LogP contribution in [-0.2, 0) is 6.42 Å². The maximum absolute atomic E-state index is 10.3. The summed E-state index contributed by atoms with van der Waals surface area (Å²) >= 11 is 0. The number of benzene rings is 2. The average molecular weight is 270 g/mol. The van der Waals surface area contributed by atoms with Crippen LogP contribution in [0, 0.1) is 11.3 Å². The Hall–Kier alpha value is -1.34. The molecule has 1 N–H and O–H groups in total. The fourth-order valence-electron chi connectivity index (χ4n) is 2.48. The number of hydrogen-bond donors (Lipinski definition) is 1. The molecule has 20 heavy (non-hydrogen) atoms. The zero-order valence-corrected chi connectivity index (χ0v) is 13.1. The van der Waals surface area contributed by atoms with E-state index < -0.39 is 0 Å². The van der Waals surface area contributed by atoms with Gasteiger partial charge in [0.1, 0.15) is 0 Å². The van der Waals surface area contributed by atoms with Crippen molar-refractivity contribution in [2.45, 2.75) is 46.6 Å². The Labute approximate surface area is 122 Å². The number of aliphatic hydroxyl groups excluding tert-OH is 1. The highest BCUT2D eigenvalue weighted by Gasteiger charge is 2.22. The Kier molecular flexibility index (Phi) is 4.49. The van der Waals surface area contributed by atoms with Crippen molar-refractivity contribution in [3.63, 3.8) is 0 Å². The summed E-state index contributed by atoms with van der Waals surface area (Å²) in [4.78, 5) is 0. The molecule has 0 saturated carbocycles. The van der Waals surface area contributed by atoms with Crippen molar-refractivity contribution in [3.8, 4) is 0 Å². The smallest absolute Gasteiger partial charge is 0.0583 e. The second kappa shape index (κ2) is 5.97. The van der Waals surface area contributed by atoms with Gasteiger partial charge in [0, 0.05) is 0 Å². The van der Waals surface area contributed by atoms with E-state index in [9.17, 15) is 5.11 Å². The summed E-state index contributed by atoms with van der Waals surface area (Å²) in [6, 6.07) is 14.8. The van der Waals surface area contributed by atoms with E-state index in [4.69, 9.17) is 0 Å². The van der Waals surface area contributed by atoms with Crippen LogP contribution in [0.3, 0.4) is 0 Å². The molecule has 0 spiro atoms. The fourth-order valence-corrected chi connectivity index (χ4v) is 2.48. The van der Waals surface area contributed by atoms with E-state index in [0.29, 0.717) is 5.92 Å². The Morgan fingerprint density at radius 1 is 1.00 bits per heavy atom. The van der Waals surface area contributed by atoms with Gasteiger partial charge in [0.25, 0.3) is 0 Å². The lowest BCUT2D eigenvalue weighted by Gasteiger charge is -2.29. The van der Waals surface area contributed by atoms with Gasteiger partial charge in [-0.2, -0.15) is 0 Å². The van der Waals surface area contributed by atoms with Crippen LogP contribution >= 0.6 is 0 Å². The van der Waals surface area contributed by atoms with Crippen LogP contribution in [0.25, 0.3) is 10.8 Å². The average Bonchev–Trinajstić information content (AvgIpc) is 2.37. The van der Waals surface area contributed by atoms with Gasteiger partial charge in [-0.1, -0.05) is 70.2 Å². The normalized spacial score (nSPS) is 15.2. The Morgan fingerprint density at radius 3 is 2.30 bits per heavy atom. The lowest BCUT2D eigenvalue weighted by molar-refractivity contribution is 0.110. The summed E-state index contributed by atoms with van der Waals surface area (Å²) in [5.74, 6) is 0.512. The van der Waals surface area contributed by atoms with Crippen LogP contribution in [0.4, 0.5) is 0 Å². The van der Waals surface area contributed by atoms with Gasteiger partial charge in [0.2, 0.25) is 0 Å². The highest BCUT2D eigenvalue weighted by atomic mass is 16.3. The van der Waals surface area contributed by atoms with Gasteiger partial charge in [-0.25, -0.2) is 0 Å². The molecule has 0 aliphatic heterocycles. The molecular formula is C19H26O. The lowest BCUT2D eigenvalue weighted by atomic mass is 9.78. The molecule has 1 heteroatoms. The van der Waals surface area contributed by atoms with Crippen LogP contribution in [0.2, 0.25) is 0 Å². The highest BCUT2D eigenvalue weighted by Crippen LogP contribution is 2.29. The topological polar surface area (TPSA) is 20.2 Å². The van der Waals surface area contributed by atoms with Crippen molar-refractivity contribution in [2.75, 3.05) is 0 Å². The second-order valence-corrected chi connectivity index (χ2v) is 7.04. The number of hydrogen-bond acceptors (Lipinski definition) is 1. The largest absolute Gasteiger partial charge is 0.393 e. The lowest BCUT2D eigenvalue weighted by Crippen LogP contribution is -2.24. The molecule has 1 nitrogen and oxygen atoms in total. The molecule has 0 saturated heterocycles. The Balaban J connectivity index is 2.04. The minimum absolute atomic E-state index is 0.254. The first-order chi connectivity index (χ1) is 9.36. The molecule has 0 aliphatic carbocycles. The molecule has 2 rings (SSSR count). The fraction of sp³-hybridized carbons (Fsp3) is 0.474. The standard InChI is InChI=1S/C19H26O/c1-14(19(2,3)4)11-18(20)13-15-9-10-16-7-5-6-8-17(16)12-15/h5-10,12,14,18,20H,11,13H2,1-4H3. The molecule has 0 aromatic heterocycles. The van der Waals surface area contributed by atoms with Gasteiger partial charge in [-0.15, -0.1) is 0 Å². The minimum atomic E-state index is -0.259. The van der Waals surface area contributed by atoms with E-state index in [-0.39, 0.29) is 11.5 Å². The minimum Gasteiger partial charge on any atom is -0.393 e.